The highest BCUT2D eigenvalue weighted by atomic mass is 79.9. The quantitative estimate of drug-likeness (QED) is 0.883. The van der Waals surface area contributed by atoms with Crippen molar-refractivity contribution >= 4 is 33.3 Å². The van der Waals surface area contributed by atoms with Crippen molar-refractivity contribution in [1.29, 1.82) is 0 Å². The molecule has 0 saturated carbocycles. The molecule has 1 amide bonds. The summed E-state index contributed by atoms with van der Waals surface area (Å²) in [5.74, 6) is 0.0925. The first-order valence-corrected chi connectivity index (χ1v) is 5.51. The number of aryl methyl sites for hydroxylation is 1. The number of nitrogens with zero attached hydrogens (tertiary/aromatic N) is 2. The number of aromatic nitrogens is 2. The average molecular weight is 297 g/mol. The fourth-order valence-electron chi connectivity index (χ4n) is 1.18. The van der Waals surface area contributed by atoms with E-state index in [4.69, 9.17) is 10.3 Å². The molecule has 2 aromatic heterocycles. The van der Waals surface area contributed by atoms with Gasteiger partial charge in [0.1, 0.15) is 5.82 Å². The topological polar surface area (TPSA) is 94.0 Å². The van der Waals surface area contributed by atoms with Crippen LogP contribution in [0.3, 0.4) is 0 Å². The lowest BCUT2D eigenvalue weighted by molar-refractivity contribution is 0.0987. The van der Waals surface area contributed by atoms with E-state index < -0.39 is 5.91 Å². The van der Waals surface area contributed by atoms with Gasteiger partial charge in [-0.1, -0.05) is 5.16 Å². The van der Waals surface area contributed by atoms with Gasteiger partial charge in [-0.25, -0.2) is 4.98 Å². The summed E-state index contributed by atoms with van der Waals surface area (Å²) in [7, 11) is 0. The van der Waals surface area contributed by atoms with Gasteiger partial charge in [0.25, 0.3) is 5.91 Å². The Labute approximate surface area is 105 Å². The molecule has 2 heterocycles. The maximum Gasteiger partial charge on any atom is 0.295 e. The normalized spacial score (nSPS) is 10.2. The van der Waals surface area contributed by atoms with Crippen LogP contribution in [0.1, 0.15) is 16.2 Å². The molecule has 0 bridgehead atoms. The molecule has 2 rings (SSSR count). The lowest BCUT2D eigenvalue weighted by atomic mass is 10.3. The van der Waals surface area contributed by atoms with E-state index >= 15 is 0 Å². The number of hydrogen-bond donors (Lipinski definition) is 2. The maximum absolute atomic E-state index is 11.7. The summed E-state index contributed by atoms with van der Waals surface area (Å²) < 4.78 is 5.43. The van der Waals surface area contributed by atoms with Crippen molar-refractivity contribution in [2.75, 3.05) is 11.1 Å². The minimum atomic E-state index is -0.413. The number of pyridine rings is 1. The third-order valence-corrected chi connectivity index (χ3v) is 2.55. The fourth-order valence-corrected chi connectivity index (χ4v) is 1.65. The van der Waals surface area contributed by atoms with E-state index in [0.717, 1.165) is 0 Å². The molecule has 7 heteroatoms. The number of nitrogens with two attached hydrogens (primary N) is 1. The number of anilines is 2. The van der Waals surface area contributed by atoms with Crippen molar-refractivity contribution in [3.63, 3.8) is 0 Å². The first-order valence-electron chi connectivity index (χ1n) is 4.72. The van der Waals surface area contributed by atoms with Gasteiger partial charge in [0.2, 0.25) is 5.76 Å². The number of carbonyl (C=O) groups is 1. The Morgan fingerprint density at radius 2 is 2.29 bits per heavy atom. The Hall–Kier alpha value is -1.89. The smallest absolute Gasteiger partial charge is 0.295 e. The van der Waals surface area contributed by atoms with Gasteiger partial charge < -0.3 is 15.6 Å². The highest BCUT2D eigenvalue weighted by Crippen LogP contribution is 2.22. The molecule has 0 aliphatic heterocycles. The summed E-state index contributed by atoms with van der Waals surface area (Å²) in [5, 5.41) is 6.21. The van der Waals surface area contributed by atoms with Crippen LogP contribution in [0.5, 0.6) is 0 Å². The number of nitrogens with one attached hydrogen (secondary N) is 1. The molecule has 3 N–H and O–H groups in total. The molecular formula is C10H9BrN4O2. The van der Waals surface area contributed by atoms with E-state index in [1.165, 1.54) is 6.20 Å². The monoisotopic (exact) mass is 296 g/mol. The Morgan fingerprint density at radius 1 is 1.53 bits per heavy atom. The molecule has 0 aromatic carbocycles. The van der Waals surface area contributed by atoms with Crippen molar-refractivity contribution in [1.82, 2.24) is 10.1 Å². The van der Waals surface area contributed by atoms with E-state index in [2.05, 4.69) is 31.4 Å². The number of nitrogen functional groups attached to an aromatic ring is 1. The molecule has 0 atom stereocenters. The van der Waals surface area contributed by atoms with Crippen LogP contribution in [0, 0.1) is 6.92 Å². The third kappa shape index (κ3) is 2.62. The van der Waals surface area contributed by atoms with Crippen LogP contribution < -0.4 is 11.1 Å². The highest BCUT2D eigenvalue weighted by molar-refractivity contribution is 9.10. The maximum atomic E-state index is 11.7. The van der Waals surface area contributed by atoms with Crippen molar-refractivity contribution in [2.45, 2.75) is 6.92 Å². The third-order valence-electron chi connectivity index (χ3n) is 1.95. The number of halogens is 1. The summed E-state index contributed by atoms with van der Waals surface area (Å²) in [5.41, 5.74) is 6.68. The summed E-state index contributed by atoms with van der Waals surface area (Å²) in [6.45, 7) is 1.73. The molecule has 17 heavy (non-hydrogen) atoms. The standard InChI is InChI=1S/C10H9BrN4O2/c1-5-2-8(17-15-5)10(16)14-9-7(11)3-6(12)4-13-9/h2-4H,12H2,1H3,(H,13,14,16). The largest absolute Gasteiger partial charge is 0.397 e. The van der Waals surface area contributed by atoms with E-state index in [-0.39, 0.29) is 5.76 Å². The van der Waals surface area contributed by atoms with Crippen molar-refractivity contribution in [3.8, 4) is 0 Å². The SMILES string of the molecule is Cc1cc(C(=O)Nc2ncc(N)cc2Br)on1. The van der Waals surface area contributed by atoms with Crippen LogP contribution in [-0.4, -0.2) is 16.0 Å². The van der Waals surface area contributed by atoms with Gasteiger partial charge in [-0.05, 0) is 28.9 Å². The molecule has 0 aliphatic rings. The molecule has 6 nitrogen and oxygen atoms in total. The molecule has 0 aliphatic carbocycles. The zero-order valence-electron chi connectivity index (χ0n) is 8.90. The lowest BCUT2D eigenvalue weighted by Gasteiger charge is -2.04. The second-order valence-electron chi connectivity index (χ2n) is 3.39. The van der Waals surface area contributed by atoms with Crippen LogP contribution in [0.4, 0.5) is 11.5 Å². The molecule has 0 fully saturated rings. The zero-order valence-corrected chi connectivity index (χ0v) is 10.5. The average Bonchev–Trinajstić information content (AvgIpc) is 2.69. The van der Waals surface area contributed by atoms with E-state index in [0.29, 0.717) is 21.7 Å². The minimum Gasteiger partial charge on any atom is -0.397 e. The number of hydrogen-bond acceptors (Lipinski definition) is 5. The van der Waals surface area contributed by atoms with Gasteiger partial charge in [0.05, 0.1) is 22.1 Å². The van der Waals surface area contributed by atoms with E-state index in [1.807, 2.05) is 0 Å². The predicted octanol–water partition coefficient (Wildman–Crippen LogP) is 1.98. The van der Waals surface area contributed by atoms with Crippen LogP contribution in [0.25, 0.3) is 0 Å². The van der Waals surface area contributed by atoms with Crippen molar-refractivity contribution < 1.29 is 9.32 Å². The molecule has 0 radical (unpaired) electrons. The molecule has 0 spiro atoms. The Bertz CT molecular complexity index is 567. The van der Waals surface area contributed by atoms with Gasteiger partial charge in [0, 0.05) is 6.07 Å². The van der Waals surface area contributed by atoms with Gasteiger partial charge in [-0.3, -0.25) is 4.79 Å². The Balaban J connectivity index is 2.18. The fraction of sp³-hybridized carbons (Fsp3) is 0.100. The zero-order chi connectivity index (χ0) is 12.4. The predicted molar refractivity (Wildman–Crippen MR) is 65.5 cm³/mol. The molecule has 0 saturated heterocycles. The Morgan fingerprint density at radius 3 is 2.88 bits per heavy atom. The van der Waals surface area contributed by atoms with E-state index in [9.17, 15) is 4.79 Å². The molecule has 2 aromatic rings. The first kappa shape index (κ1) is 11.6. The van der Waals surface area contributed by atoms with E-state index in [1.54, 1.807) is 19.1 Å². The number of carbonyl (C=O) groups excluding carboxylic acids is 1. The molecule has 0 unspecified atom stereocenters. The van der Waals surface area contributed by atoms with Gasteiger partial charge in [-0.2, -0.15) is 0 Å². The second-order valence-corrected chi connectivity index (χ2v) is 4.24. The van der Waals surface area contributed by atoms with Gasteiger partial charge in [0.15, 0.2) is 0 Å². The van der Waals surface area contributed by atoms with Crippen LogP contribution in [-0.2, 0) is 0 Å². The summed E-state index contributed by atoms with van der Waals surface area (Å²) in [6, 6.07) is 3.19. The lowest BCUT2D eigenvalue weighted by Crippen LogP contribution is -2.12. The second kappa shape index (κ2) is 4.54. The van der Waals surface area contributed by atoms with Gasteiger partial charge in [-0.15, -0.1) is 0 Å². The summed E-state index contributed by atoms with van der Waals surface area (Å²) in [6.07, 6.45) is 1.45. The number of amides is 1. The molecule has 88 valence electrons. The van der Waals surface area contributed by atoms with Gasteiger partial charge >= 0.3 is 0 Å². The number of rotatable bonds is 2. The Kier molecular flexibility index (Phi) is 3.10. The van der Waals surface area contributed by atoms with Crippen molar-refractivity contribution in [2.24, 2.45) is 0 Å². The summed E-state index contributed by atoms with van der Waals surface area (Å²) in [4.78, 5) is 15.7. The highest BCUT2D eigenvalue weighted by Gasteiger charge is 2.13. The minimum absolute atomic E-state index is 0.132. The first-order chi connectivity index (χ1) is 8.06. The molecular weight excluding hydrogens is 288 g/mol. The van der Waals surface area contributed by atoms with Crippen LogP contribution in [0.15, 0.2) is 27.3 Å². The van der Waals surface area contributed by atoms with Crippen LogP contribution in [0.2, 0.25) is 0 Å². The summed E-state index contributed by atoms with van der Waals surface area (Å²) >= 11 is 3.25. The van der Waals surface area contributed by atoms with Crippen molar-refractivity contribution in [3.05, 3.63) is 34.3 Å². The van der Waals surface area contributed by atoms with Crippen LogP contribution >= 0.6 is 15.9 Å².